The lowest BCUT2D eigenvalue weighted by atomic mass is 10.0. The molecule has 9 nitrogen and oxygen atoms in total. The van der Waals surface area contributed by atoms with E-state index in [1.165, 1.54) is 59.6 Å². The molecule has 2 aromatic carbocycles. The number of esters is 1. The topological polar surface area (TPSA) is 110 Å². The van der Waals surface area contributed by atoms with Crippen molar-refractivity contribution >= 4 is 44.9 Å². The molecule has 2 N–H and O–H groups in total. The Kier molecular flexibility index (Phi) is 9.62. The van der Waals surface area contributed by atoms with Gasteiger partial charge in [-0.2, -0.15) is 8.78 Å². The Hall–Kier alpha value is -3.87. The number of nitrogens with one attached hydrogen (secondary N) is 2. The van der Waals surface area contributed by atoms with E-state index < -0.39 is 28.7 Å². The van der Waals surface area contributed by atoms with Crippen molar-refractivity contribution in [3.63, 3.8) is 0 Å². The van der Waals surface area contributed by atoms with Crippen LogP contribution in [0.4, 0.5) is 14.5 Å². The van der Waals surface area contributed by atoms with Crippen LogP contribution in [0.1, 0.15) is 40.6 Å². The summed E-state index contributed by atoms with van der Waals surface area (Å²) in [4.78, 5) is 16.4. The van der Waals surface area contributed by atoms with Gasteiger partial charge in [0.25, 0.3) is 10.0 Å². The van der Waals surface area contributed by atoms with Gasteiger partial charge in [0.1, 0.15) is 21.8 Å². The van der Waals surface area contributed by atoms with E-state index in [-0.39, 0.29) is 44.2 Å². The van der Waals surface area contributed by atoms with Crippen molar-refractivity contribution in [1.29, 1.82) is 0 Å². The first-order valence-corrected chi connectivity index (χ1v) is 15.7. The van der Waals surface area contributed by atoms with Gasteiger partial charge in [0.15, 0.2) is 23.9 Å². The number of H-pyrrole nitrogens is 1. The molecule has 0 spiro atoms. The summed E-state index contributed by atoms with van der Waals surface area (Å²) in [6, 6.07) is 13.4. The number of aromatic amines is 1. The van der Waals surface area contributed by atoms with Gasteiger partial charge in [-0.1, -0.05) is 47.5 Å². The molecule has 0 amide bonds. The average molecular weight is 668 g/mol. The minimum atomic E-state index is -3.91. The summed E-state index contributed by atoms with van der Waals surface area (Å²) in [7, 11) is -2.35. The molecular weight excluding hydrogens is 639 g/mol. The Labute approximate surface area is 262 Å². The number of hydrogen-bond acceptors (Lipinski definition) is 6. The highest BCUT2D eigenvalue weighted by atomic mass is 35.5. The summed E-state index contributed by atoms with van der Waals surface area (Å²) >= 11 is 12.8. The number of rotatable bonds is 13. The van der Waals surface area contributed by atoms with Gasteiger partial charge < -0.3 is 18.8 Å². The summed E-state index contributed by atoms with van der Waals surface area (Å²) in [5, 5.41) is 0.579. The molecule has 1 aliphatic carbocycles. The number of benzene rings is 2. The van der Waals surface area contributed by atoms with E-state index in [9.17, 15) is 22.0 Å². The lowest BCUT2D eigenvalue weighted by Gasteiger charge is -2.21. The molecule has 44 heavy (non-hydrogen) atoms. The number of sulfonamides is 1. The fourth-order valence-electron chi connectivity index (χ4n) is 4.43. The average Bonchev–Trinajstić information content (AvgIpc) is 3.74. The summed E-state index contributed by atoms with van der Waals surface area (Å²) in [5.74, 6) is -0.537. The number of aromatic nitrogens is 2. The summed E-state index contributed by atoms with van der Waals surface area (Å²) in [6.07, 6.45) is 5.45. The molecule has 5 rings (SSSR count). The Balaban J connectivity index is 1.44. The lowest BCUT2D eigenvalue weighted by molar-refractivity contribution is -0.377. The second kappa shape index (κ2) is 13.4. The summed E-state index contributed by atoms with van der Waals surface area (Å²) in [5.41, 5.74) is 1.07. The van der Waals surface area contributed by atoms with E-state index in [1.54, 1.807) is 25.2 Å². The van der Waals surface area contributed by atoms with E-state index >= 15 is 0 Å². The first-order valence-electron chi connectivity index (χ1n) is 13.5. The van der Waals surface area contributed by atoms with Crippen LogP contribution in [-0.4, -0.2) is 32.2 Å². The van der Waals surface area contributed by atoms with Crippen LogP contribution in [-0.2, 0) is 28.2 Å². The number of aryl methyl sites for hydroxylation is 1. The number of halogens is 4. The lowest BCUT2D eigenvalue weighted by Crippen LogP contribution is -2.17. The number of ether oxygens (including phenoxy) is 3. The van der Waals surface area contributed by atoms with Crippen LogP contribution >= 0.6 is 23.2 Å². The zero-order valence-electron chi connectivity index (χ0n) is 23.3. The highest BCUT2D eigenvalue weighted by Gasteiger charge is 2.27. The van der Waals surface area contributed by atoms with Crippen LogP contribution in [0, 0.1) is 5.92 Å². The third-order valence-electron chi connectivity index (χ3n) is 6.88. The van der Waals surface area contributed by atoms with E-state index in [1.807, 2.05) is 0 Å². The van der Waals surface area contributed by atoms with Gasteiger partial charge >= 0.3 is 12.6 Å². The molecule has 1 aliphatic rings. The second-order valence-corrected chi connectivity index (χ2v) is 12.7. The predicted molar refractivity (Wildman–Crippen MR) is 159 cm³/mol. The Morgan fingerprint density at radius 1 is 1.07 bits per heavy atom. The van der Waals surface area contributed by atoms with Crippen LogP contribution in [0.15, 0.2) is 78.1 Å². The molecule has 0 radical (unpaired) electrons. The summed E-state index contributed by atoms with van der Waals surface area (Å²) < 4.78 is 72.2. The highest BCUT2D eigenvalue weighted by Crippen LogP contribution is 2.38. The molecule has 232 valence electrons. The Bertz CT molecular complexity index is 1730. The van der Waals surface area contributed by atoms with Gasteiger partial charge in [-0.05, 0) is 54.7 Å². The quantitative estimate of drug-likeness (QED) is 0.164. The standard InChI is InChI=1S/C30H27Cl2F2N3O6S/c1-37-16-20(36-44(39,40)21-5-3-2-4-6-21)12-25(37)29(38)42-27(13-22-23(31)14-35-15-24(22)32)19-9-10-26(43-30(33)34)28(11-19)41-17-18-7-8-18/h2-6,9-12,14-16,18,27,30,36H,7-8,13,17H2,1H3/p+1/t27-/m0/s1. The molecule has 4 aromatic rings. The van der Waals surface area contributed by atoms with Gasteiger partial charge in [0.2, 0.25) is 0 Å². The number of carbonyl (C=O) groups excluding carboxylic acids is 1. The largest absolute Gasteiger partial charge is 0.489 e. The molecule has 0 saturated heterocycles. The van der Waals surface area contributed by atoms with Crippen molar-refractivity contribution < 1.29 is 41.2 Å². The molecule has 2 aromatic heterocycles. The third kappa shape index (κ3) is 7.79. The van der Waals surface area contributed by atoms with Crippen molar-refractivity contribution in [2.24, 2.45) is 13.0 Å². The van der Waals surface area contributed by atoms with Crippen molar-refractivity contribution in [3.8, 4) is 11.5 Å². The molecule has 0 bridgehead atoms. The highest BCUT2D eigenvalue weighted by molar-refractivity contribution is 7.92. The molecule has 0 unspecified atom stereocenters. The Morgan fingerprint density at radius 3 is 2.43 bits per heavy atom. The third-order valence-corrected chi connectivity index (χ3v) is 8.95. The van der Waals surface area contributed by atoms with E-state index in [0.29, 0.717) is 23.7 Å². The van der Waals surface area contributed by atoms with Gasteiger partial charge in [-0.3, -0.25) is 4.72 Å². The molecule has 14 heteroatoms. The molecule has 2 heterocycles. The first-order chi connectivity index (χ1) is 21.0. The number of hydrogen-bond donors (Lipinski definition) is 1. The minimum Gasteiger partial charge on any atom is -0.489 e. The van der Waals surface area contributed by atoms with Crippen LogP contribution < -0.4 is 19.2 Å². The van der Waals surface area contributed by atoms with Crippen molar-refractivity contribution in [1.82, 2.24) is 4.57 Å². The van der Waals surface area contributed by atoms with Crippen LogP contribution in [0.2, 0.25) is 10.0 Å². The number of anilines is 1. The smallest absolute Gasteiger partial charge is 0.387 e. The van der Waals surface area contributed by atoms with Gasteiger partial charge in [0, 0.05) is 25.2 Å². The zero-order chi connectivity index (χ0) is 31.4. The maximum Gasteiger partial charge on any atom is 0.387 e. The van der Waals surface area contributed by atoms with Gasteiger partial charge in [-0.15, -0.1) is 0 Å². The second-order valence-electron chi connectivity index (χ2n) is 10.2. The van der Waals surface area contributed by atoms with Crippen molar-refractivity contribution in [2.45, 2.75) is 36.9 Å². The SMILES string of the molecule is Cn1cc(NS(=O)(=O)c2ccccc2)cc1C(=O)O[C@@H](Cc1c(Cl)c[nH+]cc1Cl)c1ccc(OC(F)F)c(OCC2CC2)c1. The molecule has 1 fully saturated rings. The van der Waals surface area contributed by atoms with E-state index in [0.717, 1.165) is 12.8 Å². The first kappa shape index (κ1) is 31.6. The van der Waals surface area contributed by atoms with Gasteiger partial charge in [0.05, 0.1) is 17.2 Å². The molecule has 1 saturated carbocycles. The van der Waals surface area contributed by atoms with E-state index in [4.69, 9.17) is 32.7 Å². The van der Waals surface area contributed by atoms with E-state index in [2.05, 4.69) is 14.4 Å². The number of pyridine rings is 1. The zero-order valence-corrected chi connectivity index (χ0v) is 25.6. The fraction of sp³-hybridized carbons (Fsp3) is 0.267. The molecule has 0 aliphatic heterocycles. The fourth-order valence-corrected chi connectivity index (χ4v) is 6.02. The normalized spacial score (nSPS) is 13.9. The molecule has 1 atom stereocenters. The van der Waals surface area contributed by atoms with Crippen molar-refractivity contribution in [2.75, 3.05) is 11.3 Å². The van der Waals surface area contributed by atoms with Gasteiger partial charge in [-0.25, -0.2) is 18.2 Å². The maximum absolute atomic E-state index is 13.5. The summed E-state index contributed by atoms with van der Waals surface area (Å²) in [6.45, 7) is -2.74. The monoisotopic (exact) mass is 666 g/mol. The number of carbonyl (C=O) groups is 1. The minimum absolute atomic E-state index is 0.0210. The molecular formula is C30H28Cl2F2N3O6S+. The number of nitrogens with zero attached hydrogens (tertiary/aromatic N) is 1. The maximum atomic E-state index is 13.5. The number of alkyl halides is 2. The predicted octanol–water partition coefficient (Wildman–Crippen LogP) is 6.48. The van der Waals surface area contributed by atoms with Crippen LogP contribution in [0.5, 0.6) is 11.5 Å². The Morgan fingerprint density at radius 2 is 1.77 bits per heavy atom. The van der Waals surface area contributed by atoms with Crippen LogP contribution in [0.25, 0.3) is 0 Å². The van der Waals surface area contributed by atoms with Crippen molar-refractivity contribution in [3.05, 3.63) is 100 Å². The van der Waals surface area contributed by atoms with Crippen LogP contribution in [0.3, 0.4) is 0 Å².